The van der Waals surface area contributed by atoms with Crippen LogP contribution >= 0.6 is 0 Å². The molecule has 2 rings (SSSR count). The highest BCUT2D eigenvalue weighted by molar-refractivity contribution is 5.77. The van der Waals surface area contributed by atoms with Crippen molar-refractivity contribution in [3.63, 3.8) is 0 Å². The summed E-state index contributed by atoms with van der Waals surface area (Å²) < 4.78 is 9.78. The average Bonchev–Trinajstić information content (AvgIpc) is 2.70. The molecule has 1 amide bonds. The van der Waals surface area contributed by atoms with Gasteiger partial charge in [-0.2, -0.15) is 0 Å². The molecule has 1 unspecified atom stereocenters. The van der Waals surface area contributed by atoms with Crippen molar-refractivity contribution in [2.24, 2.45) is 0 Å². The third kappa shape index (κ3) is 7.98. The summed E-state index contributed by atoms with van der Waals surface area (Å²) in [6.45, 7) is 1.17. The second-order valence-corrected chi connectivity index (χ2v) is 7.39. The van der Waals surface area contributed by atoms with Crippen molar-refractivity contribution in [2.75, 3.05) is 26.9 Å². The largest absolute Gasteiger partial charge is 0.467 e. The minimum absolute atomic E-state index is 0.0267. The van der Waals surface area contributed by atoms with E-state index in [9.17, 15) is 14.7 Å². The lowest BCUT2D eigenvalue weighted by molar-refractivity contribution is -0.145. The second-order valence-electron chi connectivity index (χ2n) is 7.39. The molecule has 0 saturated carbocycles. The molecule has 1 saturated heterocycles. The molecule has 0 aromatic heterocycles. The summed E-state index contributed by atoms with van der Waals surface area (Å²) in [4.78, 5) is 25.3. The van der Waals surface area contributed by atoms with Crippen LogP contribution in [0.15, 0.2) is 30.3 Å². The lowest BCUT2D eigenvalue weighted by Crippen LogP contribution is -2.44. The fraction of sp³-hybridized carbons (Fsp3) is 0.636. The predicted molar refractivity (Wildman–Crippen MR) is 107 cm³/mol. The van der Waals surface area contributed by atoms with Crippen LogP contribution in [0.1, 0.15) is 50.5 Å². The number of benzene rings is 1. The molecule has 6 nitrogen and oxygen atoms in total. The zero-order valence-electron chi connectivity index (χ0n) is 16.8. The minimum Gasteiger partial charge on any atom is -0.467 e. The number of hydrogen-bond acceptors (Lipinski definition) is 5. The van der Waals surface area contributed by atoms with Crippen LogP contribution in [-0.2, 0) is 25.5 Å². The lowest BCUT2D eigenvalue weighted by atomic mass is 9.94. The van der Waals surface area contributed by atoms with Gasteiger partial charge in [-0.25, -0.2) is 4.79 Å². The number of nitrogens with zero attached hydrogens (tertiary/aromatic N) is 1. The monoisotopic (exact) mass is 391 g/mol. The second kappa shape index (κ2) is 12.5. The van der Waals surface area contributed by atoms with Gasteiger partial charge in [-0.05, 0) is 50.5 Å². The summed E-state index contributed by atoms with van der Waals surface area (Å²) in [5.41, 5.74) is 1.14. The van der Waals surface area contributed by atoms with E-state index in [1.54, 1.807) is 0 Å². The standard InChI is InChI=1S/C22H33NO5/c1-27-22(26)17-28-15-6-5-14-23-19(10-7-11-21(23)25)12-13-20(24)16-18-8-3-2-4-9-18/h2-4,8-9,19-20,24H,5-7,10-17H2,1H3/t19?,20-/m1/s1. The van der Waals surface area contributed by atoms with Gasteiger partial charge in [0, 0.05) is 25.6 Å². The smallest absolute Gasteiger partial charge is 0.331 e. The molecule has 6 heteroatoms. The summed E-state index contributed by atoms with van der Waals surface area (Å²) in [6.07, 6.45) is 5.98. The number of hydrogen-bond donors (Lipinski definition) is 1. The number of carbonyl (C=O) groups excluding carboxylic acids is 2. The first-order chi connectivity index (χ1) is 13.6. The van der Waals surface area contributed by atoms with E-state index in [0.29, 0.717) is 32.4 Å². The molecule has 1 aliphatic heterocycles. The van der Waals surface area contributed by atoms with E-state index >= 15 is 0 Å². The third-order valence-electron chi connectivity index (χ3n) is 5.22. The first-order valence-electron chi connectivity index (χ1n) is 10.3. The number of ether oxygens (including phenoxy) is 2. The molecule has 1 aliphatic rings. The molecule has 1 fully saturated rings. The van der Waals surface area contributed by atoms with Crippen molar-refractivity contribution in [3.8, 4) is 0 Å². The summed E-state index contributed by atoms with van der Waals surface area (Å²) in [5.74, 6) is -0.162. The van der Waals surface area contributed by atoms with E-state index in [1.165, 1.54) is 7.11 Å². The third-order valence-corrected chi connectivity index (χ3v) is 5.22. The first kappa shape index (κ1) is 22.4. The van der Waals surface area contributed by atoms with Crippen molar-refractivity contribution in [1.82, 2.24) is 4.90 Å². The van der Waals surface area contributed by atoms with E-state index in [4.69, 9.17) is 4.74 Å². The Morgan fingerprint density at radius 3 is 2.82 bits per heavy atom. The van der Waals surface area contributed by atoms with Crippen molar-refractivity contribution in [1.29, 1.82) is 0 Å². The Morgan fingerprint density at radius 1 is 1.29 bits per heavy atom. The highest BCUT2D eigenvalue weighted by Gasteiger charge is 2.27. The van der Waals surface area contributed by atoms with Crippen molar-refractivity contribution < 1.29 is 24.2 Å². The Bertz CT molecular complexity index is 592. The number of rotatable bonds is 12. The van der Waals surface area contributed by atoms with Crippen molar-refractivity contribution in [3.05, 3.63) is 35.9 Å². The van der Waals surface area contributed by atoms with Gasteiger partial charge >= 0.3 is 5.97 Å². The van der Waals surface area contributed by atoms with E-state index < -0.39 is 0 Å². The number of unbranched alkanes of at least 4 members (excludes halogenated alkanes) is 1. The number of carbonyl (C=O) groups is 2. The predicted octanol–water partition coefficient (Wildman–Crippen LogP) is 2.72. The van der Waals surface area contributed by atoms with Gasteiger partial charge < -0.3 is 19.5 Å². The summed E-state index contributed by atoms with van der Waals surface area (Å²) >= 11 is 0. The highest BCUT2D eigenvalue weighted by Crippen LogP contribution is 2.23. The van der Waals surface area contributed by atoms with Gasteiger partial charge in [0.15, 0.2) is 0 Å². The topological polar surface area (TPSA) is 76.1 Å². The fourth-order valence-corrected chi connectivity index (χ4v) is 3.67. The van der Waals surface area contributed by atoms with Crippen LogP contribution < -0.4 is 0 Å². The molecule has 1 N–H and O–H groups in total. The Balaban J connectivity index is 1.70. The van der Waals surface area contributed by atoms with Gasteiger partial charge in [0.05, 0.1) is 13.2 Å². The number of likely N-dealkylation sites (tertiary alicyclic amines) is 1. The van der Waals surface area contributed by atoms with Gasteiger partial charge in [-0.15, -0.1) is 0 Å². The molecule has 0 radical (unpaired) electrons. The van der Waals surface area contributed by atoms with Gasteiger partial charge in [0.25, 0.3) is 0 Å². The molecule has 1 heterocycles. The van der Waals surface area contributed by atoms with E-state index in [-0.39, 0.29) is 30.6 Å². The van der Waals surface area contributed by atoms with Gasteiger partial charge in [-0.1, -0.05) is 30.3 Å². The number of piperidine rings is 1. The molecule has 28 heavy (non-hydrogen) atoms. The van der Waals surface area contributed by atoms with Crippen LogP contribution in [0.2, 0.25) is 0 Å². The zero-order chi connectivity index (χ0) is 20.2. The summed E-state index contributed by atoms with van der Waals surface area (Å²) in [5, 5.41) is 10.4. The number of esters is 1. The quantitative estimate of drug-likeness (QED) is 0.438. The van der Waals surface area contributed by atoms with Crippen LogP contribution in [0.4, 0.5) is 0 Å². The molecular formula is C22H33NO5. The Labute approximate surface area is 167 Å². The fourth-order valence-electron chi connectivity index (χ4n) is 3.67. The molecule has 1 aromatic rings. The van der Waals surface area contributed by atoms with Crippen LogP contribution in [-0.4, -0.2) is 60.9 Å². The number of aliphatic hydroxyl groups is 1. The average molecular weight is 392 g/mol. The Morgan fingerprint density at radius 2 is 2.07 bits per heavy atom. The Kier molecular flexibility index (Phi) is 10.0. The van der Waals surface area contributed by atoms with E-state index in [1.807, 2.05) is 35.2 Å². The van der Waals surface area contributed by atoms with Crippen molar-refractivity contribution in [2.45, 2.75) is 63.5 Å². The molecule has 2 atom stereocenters. The van der Waals surface area contributed by atoms with Gasteiger partial charge in [0.1, 0.15) is 6.61 Å². The van der Waals surface area contributed by atoms with Crippen molar-refractivity contribution >= 4 is 11.9 Å². The van der Waals surface area contributed by atoms with Crippen LogP contribution in [0.25, 0.3) is 0 Å². The summed E-state index contributed by atoms with van der Waals surface area (Å²) in [6, 6.07) is 10.2. The molecule has 1 aromatic carbocycles. The highest BCUT2D eigenvalue weighted by atomic mass is 16.6. The molecule has 156 valence electrons. The SMILES string of the molecule is COC(=O)COCCCCN1C(=O)CCCC1CC[C@@H](O)Cc1ccccc1. The van der Waals surface area contributed by atoms with Crippen LogP contribution in [0.5, 0.6) is 0 Å². The van der Waals surface area contributed by atoms with Gasteiger partial charge in [-0.3, -0.25) is 4.79 Å². The first-order valence-corrected chi connectivity index (χ1v) is 10.3. The summed E-state index contributed by atoms with van der Waals surface area (Å²) in [7, 11) is 1.34. The molecular weight excluding hydrogens is 358 g/mol. The number of methoxy groups -OCH3 is 1. The normalized spacial score (nSPS) is 18.1. The number of amides is 1. The maximum Gasteiger partial charge on any atom is 0.331 e. The van der Waals surface area contributed by atoms with E-state index in [0.717, 1.165) is 37.7 Å². The van der Waals surface area contributed by atoms with Crippen LogP contribution in [0.3, 0.4) is 0 Å². The van der Waals surface area contributed by atoms with Crippen LogP contribution in [0, 0.1) is 0 Å². The molecule has 0 bridgehead atoms. The minimum atomic E-state index is -0.381. The molecule has 0 aliphatic carbocycles. The zero-order valence-corrected chi connectivity index (χ0v) is 16.8. The van der Waals surface area contributed by atoms with Gasteiger partial charge in [0.2, 0.25) is 5.91 Å². The number of aliphatic hydroxyl groups excluding tert-OH is 1. The maximum absolute atomic E-state index is 12.4. The Hall–Kier alpha value is -1.92. The maximum atomic E-state index is 12.4. The molecule has 0 spiro atoms. The lowest BCUT2D eigenvalue weighted by Gasteiger charge is -2.36. The van der Waals surface area contributed by atoms with E-state index in [2.05, 4.69) is 4.74 Å².